The van der Waals surface area contributed by atoms with Crippen molar-refractivity contribution in [2.24, 2.45) is 17.8 Å². The number of aromatic amines is 1. The molecule has 6 rings (SSSR count). The molecular formula is C23H23N5O. The average molecular weight is 385 g/mol. The highest BCUT2D eigenvalue weighted by atomic mass is 16.5. The van der Waals surface area contributed by atoms with Crippen LogP contribution in [0.2, 0.25) is 0 Å². The minimum Gasteiger partial charge on any atom is -0.493 e. The number of nitrogens with zero attached hydrogens (tertiary/aromatic N) is 4. The van der Waals surface area contributed by atoms with E-state index in [1.54, 1.807) is 6.20 Å². The Morgan fingerprint density at radius 3 is 2.79 bits per heavy atom. The van der Waals surface area contributed by atoms with Crippen molar-refractivity contribution < 1.29 is 4.74 Å². The standard InChI is InChI=1S/C23H23N5O/c1-14(23-26-20-6-8-25-10-21(20)27-23)28-11-17-18(12-28)19(17)13-29-22-4-2-3-15-9-24-7-5-16(15)22/h2-10,14,17-19H,11-13H2,1H3,(H,26,27)/t14?,17-,18+,19?. The number of H-pyrrole nitrogens is 1. The molecule has 146 valence electrons. The van der Waals surface area contributed by atoms with Crippen LogP contribution in [0.25, 0.3) is 21.8 Å². The van der Waals surface area contributed by atoms with E-state index in [0.29, 0.717) is 12.0 Å². The SMILES string of the molecule is CC(c1nc2ccncc2[nH]1)N1C[C@@H]2C(COc3cccc4cnccc34)[C@@H]2C1. The Balaban J connectivity index is 1.09. The maximum atomic E-state index is 6.23. The third kappa shape index (κ3) is 2.86. The van der Waals surface area contributed by atoms with Crippen molar-refractivity contribution in [2.75, 3.05) is 19.7 Å². The van der Waals surface area contributed by atoms with E-state index in [-0.39, 0.29) is 0 Å². The van der Waals surface area contributed by atoms with Crippen LogP contribution in [0, 0.1) is 17.8 Å². The molecule has 0 bridgehead atoms. The highest BCUT2D eigenvalue weighted by Crippen LogP contribution is 2.53. The summed E-state index contributed by atoms with van der Waals surface area (Å²) < 4.78 is 6.23. The van der Waals surface area contributed by atoms with Crippen LogP contribution >= 0.6 is 0 Å². The number of pyridine rings is 2. The molecule has 4 aromatic rings. The van der Waals surface area contributed by atoms with E-state index in [1.807, 2.05) is 36.8 Å². The highest BCUT2D eigenvalue weighted by molar-refractivity contribution is 5.87. The number of piperidine rings is 1. The lowest BCUT2D eigenvalue weighted by Crippen LogP contribution is -2.29. The number of imidazole rings is 1. The van der Waals surface area contributed by atoms with Gasteiger partial charge in [-0.25, -0.2) is 4.98 Å². The Hall–Kier alpha value is -2.99. The van der Waals surface area contributed by atoms with Gasteiger partial charge in [-0.05, 0) is 37.0 Å². The Kier molecular flexibility index (Phi) is 3.81. The minimum atomic E-state index is 0.294. The van der Waals surface area contributed by atoms with Crippen molar-refractivity contribution in [3.05, 3.63) is 60.9 Å². The minimum absolute atomic E-state index is 0.294. The molecule has 1 aromatic carbocycles. The van der Waals surface area contributed by atoms with Gasteiger partial charge in [-0.15, -0.1) is 0 Å². The highest BCUT2D eigenvalue weighted by Gasteiger charge is 2.56. The van der Waals surface area contributed by atoms with Gasteiger partial charge in [-0.3, -0.25) is 14.9 Å². The molecule has 1 aliphatic carbocycles. The third-order valence-corrected chi connectivity index (χ3v) is 6.72. The van der Waals surface area contributed by atoms with Crippen LogP contribution in [-0.4, -0.2) is 44.5 Å². The van der Waals surface area contributed by atoms with Gasteiger partial charge in [-0.2, -0.15) is 0 Å². The molecule has 1 saturated carbocycles. The first kappa shape index (κ1) is 16.9. The van der Waals surface area contributed by atoms with Gasteiger partial charge >= 0.3 is 0 Å². The first-order valence-electron chi connectivity index (χ1n) is 10.3. The van der Waals surface area contributed by atoms with Crippen molar-refractivity contribution in [3.8, 4) is 5.75 Å². The lowest BCUT2D eigenvalue weighted by atomic mass is 10.1. The van der Waals surface area contributed by atoms with Gasteiger partial charge < -0.3 is 9.72 Å². The molecule has 2 unspecified atom stereocenters. The third-order valence-electron chi connectivity index (χ3n) is 6.72. The van der Waals surface area contributed by atoms with Crippen molar-refractivity contribution in [1.82, 2.24) is 24.8 Å². The molecule has 3 aromatic heterocycles. The molecule has 0 radical (unpaired) electrons. The Morgan fingerprint density at radius 1 is 1.10 bits per heavy atom. The molecular weight excluding hydrogens is 362 g/mol. The number of hydrogen-bond donors (Lipinski definition) is 1. The van der Waals surface area contributed by atoms with Crippen LogP contribution in [0.3, 0.4) is 0 Å². The molecule has 1 aliphatic heterocycles. The van der Waals surface area contributed by atoms with Crippen molar-refractivity contribution >= 4 is 21.8 Å². The van der Waals surface area contributed by atoms with Crippen molar-refractivity contribution in [3.63, 3.8) is 0 Å². The molecule has 2 fully saturated rings. The van der Waals surface area contributed by atoms with E-state index < -0.39 is 0 Å². The zero-order chi connectivity index (χ0) is 19.4. The summed E-state index contributed by atoms with van der Waals surface area (Å²) >= 11 is 0. The summed E-state index contributed by atoms with van der Waals surface area (Å²) in [5.41, 5.74) is 2.00. The van der Waals surface area contributed by atoms with Gasteiger partial charge in [0.1, 0.15) is 11.6 Å². The number of nitrogens with one attached hydrogen (secondary N) is 1. The normalized spacial score (nSPS) is 24.7. The molecule has 1 saturated heterocycles. The van der Waals surface area contributed by atoms with E-state index in [9.17, 15) is 0 Å². The maximum absolute atomic E-state index is 6.23. The van der Waals surface area contributed by atoms with E-state index in [4.69, 9.17) is 9.72 Å². The summed E-state index contributed by atoms with van der Waals surface area (Å²) in [6.45, 7) is 5.28. The first-order valence-corrected chi connectivity index (χ1v) is 10.3. The topological polar surface area (TPSA) is 66.9 Å². The van der Waals surface area contributed by atoms with Gasteiger partial charge in [-0.1, -0.05) is 12.1 Å². The molecule has 0 amide bonds. The predicted molar refractivity (Wildman–Crippen MR) is 112 cm³/mol. The second-order valence-corrected chi connectivity index (χ2v) is 8.30. The van der Waals surface area contributed by atoms with E-state index in [1.165, 1.54) is 0 Å². The number of aromatic nitrogens is 4. The van der Waals surface area contributed by atoms with Crippen LogP contribution in [-0.2, 0) is 0 Å². The summed E-state index contributed by atoms with van der Waals surface area (Å²) in [5, 5.41) is 2.27. The summed E-state index contributed by atoms with van der Waals surface area (Å²) in [6.07, 6.45) is 7.35. The number of fused-ring (bicyclic) bond motifs is 3. The second kappa shape index (κ2) is 6.52. The van der Waals surface area contributed by atoms with Crippen LogP contribution < -0.4 is 4.74 Å². The fourth-order valence-electron chi connectivity index (χ4n) is 4.90. The Bertz CT molecular complexity index is 1140. The lowest BCUT2D eigenvalue weighted by molar-refractivity contribution is 0.194. The first-order chi connectivity index (χ1) is 14.3. The molecule has 4 heterocycles. The summed E-state index contributed by atoms with van der Waals surface area (Å²) in [7, 11) is 0. The predicted octanol–water partition coefficient (Wildman–Crippen LogP) is 3.82. The fourth-order valence-corrected chi connectivity index (χ4v) is 4.90. The molecule has 29 heavy (non-hydrogen) atoms. The van der Waals surface area contributed by atoms with Crippen LogP contribution in [0.5, 0.6) is 5.75 Å². The lowest BCUT2D eigenvalue weighted by Gasteiger charge is -2.25. The molecule has 6 nitrogen and oxygen atoms in total. The monoisotopic (exact) mass is 385 g/mol. The Labute approximate surface area is 169 Å². The van der Waals surface area contributed by atoms with Crippen molar-refractivity contribution in [2.45, 2.75) is 13.0 Å². The van der Waals surface area contributed by atoms with Crippen molar-refractivity contribution in [1.29, 1.82) is 0 Å². The van der Waals surface area contributed by atoms with Gasteiger partial charge in [0.05, 0.1) is 29.9 Å². The molecule has 0 spiro atoms. The van der Waals surface area contributed by atoms with Gasteiger partial charge in [0.15, 0.2) is 0 Å². The Morgan fingerprint density at radius 2 is 1.93 bits per heavy atom. The summed E-state index contributed by atoms with van der Waals surface area (Å²) in [6, 6.07) is 10.5. The largest absolute Gasteiger partial charge is 0.493 e. The van der Waals surface area contributed by atoms with Crippen LogP contribution in [0.15, 0.2) is 55.1 Å². The quantitative estimate of drug-likeness (QED) is 0.566. The van der Waals surface area contributed by atoms with Gasteiger partial charge in [0, 0.05) is 48.4 Å². The van der Waals surface area contributed by atoms with Gasteiger partial charge in [0.2, 0.25) is 0 Å². The molecule has 1 N–H and O–H groups in total. The number of ether oxygens (including phenoxy) is 1. The number of hydrogen-bond acceptors (Lipinski definition) is 5. The fraction of sp³-hybridized carbons (Fsp3) is 0.348. The zero-order valence-corrected chi connectivity index (χ0v) is 16.3. The van der Waals surface area contributed by atoms with E-state index in [2.05, 4.69) is 38.9 Å². The number of likely N-dealkylation sites (tertiary alicyclic amines) is 1. The average Bonchev–Trinajstić information content (AvgIpc) is 3.12. The van der Waals surface area contributed by atoms with E-state index in [0.717, 1.165) is 64.9 Å². The summed E-state index contributed by atoms with van der Waals surface area (Å²) in [5.74, 6) is 4.14. The number of benzene rings is 1. The van der Waals surface area contributed by atoms with E-state index >= 15 is 0 Å². The van der Waals surface area contributed by atoms with Crippen LogP contribution in [0.1, 0.15) is 18.8 Å². The van der Waals surface area contributed by atoms with Crippen LogP contribution in [0.4, 0.5) is 0 Å². The molecule has 2 aliphatic rings. The summed E-state index contributed by atoms with van der Waals surface area (Å²) in [4.78, 5) is 19.1. The van der Waals surface area contributed by atoms with Gasteiger partial charge in [0.25, 0.3) is 0 Å². The molecule has 6 heteroatoms. The molecule has 4 atom stereocenters. The number of rotatable bonds is 5. The smallest absolute Gasteiger partial charge is 0.127 e. The second-order valence-electron chi connectivity index (χ2n) is 8.30. The maximum Gasteiger partial charge on any atom is 0.127 e. The zero-order valence-electron chi connectivity index (χ0n) is 16.3.